The molecule has 2 aromatic carbocycles. The van der Waals surface area contributed by atoms with Gasteiger partial charge in [-0.3, -0.25) is 9.59 Å². The average molecular weight is 379 g/mol. The fourth-order valence-electron chi connectivity index (χ4n) is 2.21. The van der Waals surface area contributed by atoms with Crippen LogP contribution in [0.3, 0.4) is 0 Å². The van der Waals surface area contributed by atoms with E-state index < -0.39 is 23.7 Å². The lowest BCUT2D eigenvalue weighted by molar-refractivity contribution is -0.128. The topological polar surface area (TPSA) is 67.4 Å². The molecule has 1 unspecified atom stereocenters. The minimum absolute atomic E-state index is 0.0933. The van der Waals surface area contributed by atoms with E-state index in [1.807, 2.05) is 6.07 Å². The molecule has 0 heterocycles. The van der Waals surface area contributed by atoms with Gasteiger partial charge in [-0.15, -0.1) is 0 Å². The van der Waals surface area contributed by atoms with Gasteiger partial charge in [0.2, 0.25) is 5.91 Å². The van der Waals surface area contributed by atoms with Gasteiger partial charge in [-0.05, 0) is 36.2 Å². The second kappa shape index (κ2) is 9.20. The molecule has 2 N–H and O–H groups in total. The molecule has 0 spiro atoms. The van der Waals surface area contributed by atoms with E-state index in [2.05, 4.69) is 10.6 Å². The van der Waals surface area contributed by atoms with Gasteiger partial charge in [-0.1, -0.05) is 43.6 Å². The predicted molar refractivity (Wildman–Crippen MR) is 98.7 cm³/mol. The Labute approximate surface area is 156 Å². The second-order valence-electron chi connectivity index (χ2n) is 6.01. The van der Waals surface area contributed by atoms with E-state index in [0.717, 1.165) is 6.07 Å². The summed E-state index contributed by atoms with van der Waals surface area (Å²) in [7, 11) is 0. The van der Waals surface area contributed by atoms with E-state index in [9.17, 15) is 14.0 Å². The first-order chi connectivity index (χ1) is 12.4. The lowest BCUT2D eigenvalue weighted by Gasteiger charge is -2.22. The van der Waals surface area contributed by atoms with Crippen LogP contribution in [0.1, 0.15) is 13.8 Å². The first kappa shape index (κ1) is 19.7. The van der Waals surface area contributed by atoms with E-state index in [-0.39, 0.29) is 17.5 Å². The molecular weight excluding hydrogens is 359 g/mol. The maximum Gasteiger partial charge on any atom is 0.258 e. The molecule has 0 aromatic heterocycles. The molecule has 0 saturated carbocycles. The van der Waals surface area contributed by atoms with Crippen molar-refractivity contribution in [3.63, 3.8) is 0 Å². The summed E-state index contributed by atoms with van der Waals surface area (Å²) in [6, 6.07) is 12.0. The number of benzene rings is 2. The van der Waals surface area contributed by atoms with E-state index in [4.69, 9.17) is 16.3 Å². The molecule has 1 atom stereocenters. The summed E-state index contributed by atoms with van der Waals surface area (Å²) < 4.78 is 18.6. The summed E-state index contributed by atoms with van der Waals surface area (Å²) in [4.78, 5) is 24.6. The van der Waals surface area contributed by atoms with E-state index in [1.54, 1.807) is 38.1 Å². The fourth-order valence-corrected chi connectivity index (χ4v) is 2.39. The minimum Gasteiger partial charge on any atom is -0.484 e. The SMILES string of the molecule is CC(C)C(NC(=O)COc1ccccc1)C(=O)Nc1ccc(F)c(Cl)c1. The van der Waals surface area contributed by atoms with Gasteiger partial charge in [-0.25, -0.2) is 4.39 Å². The van der Waals surface area contributed by atoms with Crippen molar-refractivity contribution in [2.45, 2.75) is 19.9 Å². The van der Waals surface area contributed by atoms with Crippen LogP contribution in [0.4, 0.5) is 10.1 Å². The average Bonchev–Trinajstić information content (AvgIpc) is 2.61. The van der Waals surface area contributed by atoms with Gasteiger partial charge >= 0.3 is 0 Å². The molecule has 138 valence electrons. The molecule has 0 bridgehead atoms. The molecule has 7 heteroatoms. The van der Waals surface area contributed by atoms with Crippen molar-refractivity contribution in [3.8, 4) is 5.75 Å². The molecule has 0 radical (unpaired) electrons. The van der Waals surface area contributed by atoms with Crippen LogP contribution in [-0.2, 0) is 9.59 Å². The minimum atomic E-state index is -0.772. The molecule has 0 fully saturated rings. The Kier molecular flexibility index (Phi) is 6.97. The lowest BCUT2D eigenvalue weighted by atomic mass is 10.0. The number of hydrogen-bond acceptors (Lipinski definition) is 3. The van der Waals surface area contributed by atoms with Crippen molar-refractivity contribution in [1.82, 2.24) is 5.32 Å². The highest BCUT2D eigenvalue weighted by atomic mass is 35.5. The molecular formula is C19H20ClFN2O3. The van der Waals surface area contributed by atoms with Crippen LogP contribution in [-0.4, -0.2) is 24.5 Å². The van der Waals surface area contributed by atoms with E-state index in [1.165, 1.54) is 12.1 Å². The third-order valence-electron chi connectivity index (χ3n) is 3.57. The van der Waals surface area contributed by atoms with Gasteiger partial charge in [0.1, 0.15) is 17.6 Å². The number of halogens is 2. The molecule has 0 aliphatic carbocycles. The number of carbonyl (C=O) groups excluding carboxylic acids is 2. The highest BCUT2D eigenvalue weighted by Gasteiger charge is 2.24. The zero-order valence-corrected chi connectivity index (χ0v) is 15.2. The summed E-state index contributed by atoms with van der Waals surface area (Å²) in [6.45, 7) is 3.41. The third kappa shape index (κ3) is 5.74. The van der Waals surface area contributed by atoms with Crippen LogP contribution in [0.2, 0.25) is 5.02 Å². The Morgan fingerprint density at radius 1 is 1.15 bits per heavy atom. The zero-order valence-electron chi connectivity index (χ0n) is 14.5. The van der Waals surface area contributed by atoms with E-state index in [0.29, 0.717) is 11.4 Å². The maximum absolute atomic E-state index is 13.2. The van der Waals surface area contributed by atoms with Crippen LogP contribution in [0.15, 0.2) is 48.5 Å². The van der Waals surface area contributed by atoms with Crippen molar-refractivity contribution in [1.29, 1.82) is 0 Å². The number of nitrogens with one attached hydrogen (secondary N) is 2. The number of hydrogen-bond donors (Lipinski definition) is 2. The third-order valence-corrected chi connectivity index (χ3v) is 3.86. The van der Waals surface area contributed by atoms with Crippen molar-refractivity contribution in [2.75, 3.05) is 11.9 Å². The smallest absolute Gasteiger partial charge is 0.258 e. The van der Waals surface area contributed by atoms with Gasteiger partial charge in [0.25, 0.3) is 5.91 Å². The standard InChI is InChI=1S/C19H20ClFN2O3/c1-12(2)18(19(25)22-13-8-9-16(21)15(20)10-13)23-17(24)11-26-14-6-4-3-5-7-14/h3-10,12,18H,11H2,1-2H3,(H,22,25)(H,23,24). The van der Waals surface area contributed by atoms with Gasteiger partial charge in [0, 0.05) is 5.69 Å². The van der Waals surface area contributed by atoms with Gasteiger partial charge in [0.15, 0.2) is 6.61 Å². The number of para-hydroxylation sites is 1. The van der Waals surface area contributed by atoms with Gasteiger partial charge in [0.05, 0.1) is 5.02 Å². The van der Waals surface area contributed by atoms with Gasteiger partial charge < -0.3 is 15.4 Å². The lowest BCUT2D eigenvalue weighted by Crippen LogP contribution is -2.48. The molecule has 0 aliphatic heterocycles. The summed E-state index contributed by atoms with van der Waals surface area (Å²) in [5, 5.41) is 5.18. The molecule has 26 heavy (non-hydrogen) atoms. The number of rotatable bonds is 7. The molecule has 5 nitrogen and oxygen atoms in total. The maximum atomic E-state index is 13.2. The summed E-state index contributed by atoms with van der Waals surface area (Å²) in [5.74, 6) is -1.01. The van der Waals surface area contributed by atoms with Crippen LogP contribution in [0, 0.1) is 11.7 Å². The van der Waals surface area contributed by atoms with Crippen LogP contribution in [0.5, 0.6) is 5.75 Å². The molecule has 2 amide bonds. The zero-order chi connectivity index (χ0) is 19.1. The first-order valence-corrected chi connectivity index (χ1v) is 8.47. The number of amides is 2. The summed E-state index contributed by atoms with van der Waals surface area (Å²) in [5.41, 5.74) is 0.349. The van der Waals surface area contributed by atoms with Crippen molar-refractivity contribution in [3.05, 3.63) is 59.4 Å². The number of carbonyl (C=O) groups is 2. The van der Waals surface area contributed by atoms with Crippen LogP contribution >= 0.6 is 11.6 Å². The predicted octanol–water partition coefficient (Wildman–Crippen LogP) is 3.64. The first-order valence-electron chi connectivity index (χ1n) is 8.10. The Morgan fingerprint density at radius 3 is 2.46 bits per heavy atom. The molecule has 0 aliphatic rings. The van der Waals surface area contributed by atoms with Crippen LogP contribution in [0.25, 0.3) is 0 Å². The Hall–Kier alpha value is -2.60. The summed E-state index contributed by atoms with van der Waals surface area (Å²) in [6.07, 6.45) is 0. The highest BCUT2D eigenvalue weighted by molar-refractivity contribution is 6.31. The number of anilines is 1. The quantitative estimate of drug-likeness (QED) is 0.773. The largest absolute Gasteiger partial charge is 0.484 e. The molecule has 2 rings (SSSR count). The molecule has 2 aromatic rings. The second-order valence-corrected chi connectivity index (χ2v) is 6.42. The Bertz CT molecular complexity index is 769. The van der Waals surface area contributed by atoms with Crippen molar-refractivity contribution in [2.24, 2.45) is 5.92 Å². The monoisotopic (exact) mass is 378 g/mol. The molecule has 0 saturated heterocycles. The van der Waals surface area contributed by atoms with Gasteiger partial charge in [-0.2, -0.15) is 0 Å². The van der Waals surface area contributed by atoms with Crippen LogP contribution < -0.4 is 15.4 Å². The highest BCUT2D eigenvalue weighted by Crippen LogP contribution is 2.20. The Balaban J connectivity index is 1.95. The van der Waals surface area contributed by atoms with E-state index >= 15 is 0 Å². The number of ether oxygens (including phenoxy) is 1. The Morgan fingerprint density at radius 2 is 1.85 bits per heavy atom. The fraction of sp³-hybridized carbons (Fsp3) is 0.263. The summed E-state index contributed by atoms with van der Waals surface area (Å²) >= 11 is 5.71. The van der Waals surface area contributed by atoms with Crippen molar-refractivity contribution < 1.29 is 18.7 Å². The van der Waals surface area contributed by atoms with Crippen molar-refractivity contribution >= 4 is 29.1 Å². The normalized spacial score (nSPS) is 11.7.